The number of benzene rings is 2. The lowest BCUT2D eigenvalue weighted by molar-refractivity contribution is 0.0989. The van der Waals surface area contributed by atoms with Crippen molar-refractivity contribution < 1.29 is 14.3 Å². The molecule has 0 radical (unpaired) electrons. The highest BCUT2D eigenvalue weighted by Crippen LogP contribution is 2.25. The molecule has 0 aliphatic carbocycles. The van der Waals surface area contributed by atoms with Gasteiger partial charge in [0.2, 0.25) is 0 Å². The van der Waals surface area contributed by atoms with Crippen LogP contribution in [0.3, 0.4) is 0 Å². The number of para-hydroxylation sites is 2. The normalized spacial score (nSPS) is 10.3. The maximum atomic E-state index is 13.6. The summed E-state index contributed by atoms with van der Waals surface area (Å²) in [5.41, 5.74) is 0.937. The van der Waals surface area contributed by atoms with Gasteiger partial charge in [-0.05, 0) is 30.7 Å². The van der Waals surface area contributed by atoms with Gasteiger partial charge in [0.25, 0.3) is 5.91 Å². The summed E-state index contributed by atoms with van der Waals surface area (Å²) in [7, 11) is 1.47. The van der Waals surface area contributed by atoms with Crippen molar-refractivity contribution in [1.82, 2.24) is 0 Å². The molecule has 0 saturated heterocycles. The summed E-state index contributed by atoms with van der Waals surface area (Å²) in [4.78, 5) is 13.5. The molecule has 2 rings (SSSR count). The number of anilines is 1. The van der Waals surface area contributed by atoms with E-state index < -0.39 is 11.7 Å². The largest absolute Gasteiger partial charge is 0.507 e. The number of phenols is 1. The molecule has 0 unspecified atom stereocenters. The third kappa shape index (κ3) is 2.42. The topological polar surface area (TPSA) is 40.5 Å². The zero-order valence-electron chi connectivity index (χ0n) is 10.7. The molecular weight excluding hydrogens is 245 g/mol. The van der Waals surface area contributed by atoms with Gasteiger partial charge in [-0.25, -0.2) is 4.39 Å². The van der Waals surface area contributed by atoms with Crippen molar-refractivity contribution in [1.29, 1.82) is 0 Å². The molecule has 0 aliphatic heterocycles. The van der Waals surface area contributed by atoms with Crippen molar-refractivity contribution in [2.45, 2.75) is 6.92 Å². The number of rotatable bonds is 2. The van der Waals surface area contributed by atoms with Crippen LogP contribution in [-0.4, -0.2) is 18.1 Å². The van der Waals surface area contributed by atoms with Crippen LogP contribution in [0.2, 0.25) is 0 Å². The van der Waals surface area contributed by atoms with Gasteiger partial charge >= 0.3 is 0 Å². The number of carbonyl (C=O) groups is 1. The van der Waals surface area contributed by atoms with Crippen LogP contribution in [0.1, 0.15) is 15.9 Å². The van der Waals surface area contributed by atoms with E-state index in [0.717, 1.165) is 0 Å². The monoisotopic (exact) mass is 259 g/mol. The van der Waals surface area contributed by atoms with Crippen LogP contribution in [0.5, 0.6) is 5.75 Å². The van der Waals surface area contributed by atoms with E-state index in [0.29, 0.717) is 5.56 Å². The van der Waals surface area contributed by atoms with Gasteiger partial charge in [-0.2, -0.15) is 0 Å². The predicted octanol–water partition coefficient (Wildman–Crippen LogP) is 3.12. The molecule has 0 fully saturated rings. The Morgan fingerprint density at radius 3 is 2.53 bits per heavy atom. The number of nitrogens with zero attached hydrogens (tertiary/aromatic N) is 1. The number of hydrogen-bond acceptors (Lipinski definition) is 2. The fourth-order valence-corrected chi connectivity index (χ4v) is 1.85. The minimum atomic E-state index is -0.481. The maximum absolute atomic E-state index is 13.6. The smallest absolute Gasteiger partial charge is 0.261 e. The van der Waals surface area contributed by atoms with E-state index in [-0.39, 0.29) is 17.0 Å². The molecule has 2 aromatic carbocycles. The van der Waals surface area contributed by atoms with Gasteiger partial charge in [-0.15, -0.1) is 0 Å². The molecule has 98 valence electrons. The zero-order valence-corrected chi connectivity index (χ0v) is 10.7. The summed E-state index contributed by atoms with van der Waals surface area (Å²) in [6.07, 6.45) is 0. The molecule has 3 nitrogen and oxygen atoms in total. The van der Waals surface area contributed by atoms with Crippen molar-refractivity contribution in [2.24, 2.45) is 0 Å². The van der Waals surface area contributed by atoms with E-state index in [2.05, 4.69) is 0 Å². The van der Waals surface area contributed by atoms with Crippen LogP contribution < -0.4 is 4.90 Å². The van der Waals surface area contributed by atoms with Gasteiger partial charge in [-0.3, -0.25) is 4.79 Å². The molecular formula is C15H14FNO2. The van der Waals surface area contributed by atoms with E-state index in [4.69, 9.17) is 0 Å². The summed E-state index contributed by atoms with van der Waals surface area (Å²) in [5.74, 6) is -1.01. The Morgan fingerprint density at radius 1 is 1.16 bits per heavy atom. The lowest BCUT2D eigenvalue weighted by Crippen LogP contribution is -2.27. The second-order valence-corrected chi connectivity index (χ2v) is 4.29. The molecule has 0 heterocycles. The first-order valence-electron chi connectivity index (χ1n) is 5.83. The molecule has 0 atom stereocenters. The number of amides is 1. The van der Waals surface area contributed by atoms with Gasteiger partial charge in [0.05, 0.1) is 11.3 Å². The fourth-order valence-electron chi connectivity index (χ4n) is 1.85. The minimum absolute atomic E-state index is 0.0734. The number of aryl methyl sites for hydroxylation is 1. The number of carbonyl (C=O) groups excluding carboxylic acids is 1. The highest BCUT2D eigenvalue weighted by atomic mass is 19.1. The molecule has 4 heteroatoms. The van der Waals surface area contributed by atoms with E-state index in [9.17, 15) is 14.3 Å². The fraction of sp³-hybridized carbons (Fsp3) is 0.133. The summed E-state index contributed by atoms with van der Waals surface area (Å²) < 4.78 is 13.6. The zero-order chi connectivity index (χ0) is 14.0. The van der Waals surface area contributed by atoms with Gasteiger partial charge in [0.1, 0.15) is 11.6 Å². The van der Waals surface area contributed by atoms with Gasteiger partial charge in [-0.1, -0.05) is 24.3 Å². The lowest BCUT2D eigenvalue weighted by Gasteiger charge is -2.19. The number of aromatic hydroxyl groups is 1. The Hall–Kier alpha value is -2.36. The predicted molar refractivity (Wildman–Crippen MR) is 72.0 cm³/mol. The maximum Gasteiger partial charge on any atom is 0.261 e. The third-order valence-corrected chi connectivity index (χ3v) is 2.99. The van der Waals surface area contributed by atoms with Gasteiger partial charge < -0.3 is 10.0 Å². The SMILES string of the molecule is Cc1cccc(C(=O)N(C)c2ccccc2F)c1O. The summed E-state index contributed by atoms with van der Waals surface area (Å²) >= 11 is 0. The average molecular weight is 259 g/mol. The van der Waals surface area contributed by atoms with Gasteiger partial charge in [0.15, 0.2) is 0 Å². The first-order valence-corrected chi connectivity index (χ1v) is 5.83. The molecule has 0 bridgehead atoms. The van der Waals surface area contributed by atoms with Crippen molar-refractivity contribution in [3.8, 4) is 5.75 Å². The van der Waals surface area contributed by atoms with Crippen LogP contribution in [0.4, 0.5) is 10.1 Å². The summed E-state index contributed by atoms with van der Waals surface area (Å²) in [5, 5.41) is 9.89. The standard InChI is InChI=1S/C15H14FNO2/c1-10-6-5-7-11(14(10)18)15(19)17(2)13-9-4-3-8-12(13)16/h3-9,18H,1-2H3. The molecule has 1 amide bonds. The third-order valence-electron chi connectivity index (χ3n) is 2.99. The minimum Gasteiger partial charge on any atom is -0.507 e. The Balaban J connectivity index is 2.40. The quantitative estimate of drug-likeness (QED) is 0.900. The molecule has 2 aromatic rings. The van der Waals surface area contributed by atoms with Crippen LogP contribution in [-0.2, 0) is 0 Å². The lowest BCUT2D eigenvalue weighted by atomic mass is 10.1. The van der Waals surface area contributed by atoms with Crippen LogP contribution >= 0.6 is 0 Å². The highest BCUT2D eigenvalue weighted by Gasteiger charge is 2.19. The Kier molecular flexibility index (Phi) is 3.51. The molecule has 0 spiro atoms. The number of halogens is 1. The Labute approximate surface area is 110 Å². The van der Waals surface area contributed by atoms with Crippen molar-refractivity contribution in [3.63, 3.8) is 0 Å². The van der Waals surface area contributed by atoms with E-state index in [1.54, 1.807) is 31.2 Å². The van der Waals surface area contributed by atoms with E-state index in [1.807, 2.05) is 0 Å². The first-order chi connectivity index (χ1) is 9.02. The summed E-state index contributed by atoms with van der Waals surface area (Å²) in [6, 6.07) is 10.9. The molecule has 0 aliphatic rings. The number of hydrogen-bond donors (Lipinski definition) is 1. The molecule has 19 heavy (non-hydrogen) atoms. The Bertz CT molecular complexity index is 625. The first kappa shape index (κ1) is 13.1. The van der Waals surface area contributed by atoms with E-state index >= 15 is 0 Å². The molecule has 0 aromatic heterocycles. The van der Waals surface area contributed by atoms with E-state index in [1.165, 1.54) is 30.1 Å². The Morgan fingerprint density at radius 2 is 1.84 bits per heavy atom. The second-order valence-electron chi connectivity index (χ2n) is 4.29. The molecule has 0 saturated carbocycles. The van der Waals surface area contributed by atoms with Crippen LogP contribution in [0.15, 0.2) is 42.5 Å². The molecule has 1 N–H and O–H groups in total. The van der Waals surface area contributed by atoms with Crippen LogP contribution in [0.25, 0.3) is 0 Å². The van der Waals surface area contributed by atoms with Gasteiger partial charge in [0, 0.05) is 7.05 Å². The van der Waals surface area contributed by atoms with Crippen LogP contribution in [0, 0.1) is 12.7 Å². The number of phenolic OH excluding ortho intramolecular Hbond substituents is 1. The van der Waals surface area contributed by atoms with Crippen molar-refractivity contribution >= 4 is 11.6 Å². The summed E-state index contributed by atoms with van der Waals surface area (Å²) in [6.45, 7) is 1.70. The second kappa shape index (κ2) is 5.10. The highest BCUT2D eigenvalue weighted by molar-refractivity contribution is 6.07. The average Bonchev–Trinajstić information content (AvgIpc) is 2.41. The van der Waals surface area contributed by atoms with Crippen molar-refractivity contribution in [3.05, 3.63) is 59.4 Å². The van der Waals surface area contributed by atoms with Crippen molar-refractivity contribution in [2.75, 3.05) is 11.9 Å².